The summed E-state index contributed by atoms with van der Waals surface area (Å²) in [5.41, 5.74) is 8.64. The van der Waals surface area contributed by atoms with E-state index in [0.717, 1.165) is 46.5 Å². The summed E-state index contributed by atoms with van der Waals surface area (Å²) in [5.74, 6) is -0.147. The van der Waals surface area contributed by atoms with Gasteiger partial charge in [-0.25, -0.2) is 19.7 Å². The van der Waals surface area contributed by atoms with E-state index in [1.165, 1.54) is 16.2 Å². The van der Waals surface area contributed by atoms with Crippen molar-refractivity contribution in [3.63, 3.8) is 0 Å². The van der Waals surface area contributed by atoms with E-state index in [4.69, 9.17) is 15.5 Å². The van der Waals surface area contributed by atoms with Crippen molar-refractivity contribution in [2.75, 3.05) is 55.7 Å². The average Bonchev–Trinajstić information content (AvgIpc) is 3.34. The number of rotatable bonds is 7. The number of hydrogen-bond acceptors (Lipinski definition) is 9. The molecule has 3 aromatic rings. The van der Waals surface area contributed by atoms with Gasteiger partial charge in [0.25, 0.3) is 0 Å². The highest BCUT2D eigenvalue weighted by Crippen LogP contribution is 2.36. The zero-order chi connectivity index (χ0) is 26.9. The maximum Gasteiger partial charge on any atom is 0.321 e. The molecule has 4 heterocycles. The van der Waals surface area contributed by atoms with Crippen LogP contribution in [0.4, 0.5) is 15.9 Å². The van der Waals surface area contributed by atoms with Gasteiger partial charge in [0.05, 0.1) is 28.8 Å². The van der Waals surface area contributed by atoms with Crippen LogP contribution >= 0.6 is 11.3 Å². The fourth-order valence-electron chi connectivity index (χ4n) is 4.92. The molecule has 2 saturated heterocycles. The third-order valence-corrected chi connectivity index (χ3v) is 8.67. The van der Waals surface area contributed by atoms with E-state index in [0.29, 0.717) is 56.8 Å². The number of aliphatic carboxylic acids is 1. The van der Waals surface area contributed by atoms with Crippen LogP contribution < -0.4 is 15.5 Å². The molecule has 0 unspecified atom stereocenters. The number of fused-ring (bicyclic) bond motifs is 1. The molecule has 38 heavy (non-hydrogen) atoms. The molecule has 0 atom stereocenters. The van der Waals surface area contributed by atoms with Crippen LogP contribution in [0.2, 0.25) is 0 Å². The Morgan fingerprint density at radius 1 is 1.13 bits per heavy atom. The maximum atomic E-state index is 12.0. The van der Waals surface area contributed by atoms with E-state index in [1.807, 2.05) is 30.3 Å². The lowest BCUT2D eigenvalue weighted by atomic mass is 9.80. The molecule has 2 aliphatic heterocycles. The Kier molecular flexibility index (Phi) is 7.46. The molecule has 202 valence electrons. The number of carbonyl (C=O) groups is 2. The number of primary amides is 1. The second-order valence-corrected chi connectivity index (χ2v) is 11.1. The van der Waals surface area contributed by atoms with Crippen LogP contribution in [0.1, 0.15) is 32.3 Å². The second kappa shape index (κ2) is 10.8. The summed E-state index contributed by atoms with van der Waals surface area (Å²) in [5, 5.41) is 10.1. The van der Waals surface area contributed by atoms with Crippen LogP contribution in [0.3, 0.4) is 0 Å². The van der Waals surface area contributed by atoms with Crippen LogP contribution in [-0.4, -0.2) is 82.9 Å². The fourth-order valence-corrected chi connectivity index (χ4v) is 6.04. The van der Waals surface area contributed by atoms with E-state index >= 15 is 0 Å². The monoisotopic (exact) mass is 539 g/mol. The minimum absolute atomic E-state index is 0.443. The number of anilines is 2. The number of benzene rings is 1. The number of nitrogens with two attached hydrogens (primary N) is 1. The first-order valence-corrected chi connectivity index (χ1v) is 13.7. The van der Waals surface area contributed by atoms with E-state index < -0.39 is 17.4 Å². The standard InChI is InChI=1S/C26H33N7O4S/c1-3-33(23(27)36)25-30-20-13-17(12-18(21(20)38-25)16-31-8-10-37-11-9-31)19-14-28-24(29-15-19)32-6-4-26(2,5-7-32)22(34)35/h12-15H,3-11,16H2,1-2H3,(H2,27,36)(H,34,35). The number of aromatic nitrogens is 3. The van der Waals surface area contributed by atoms with Crippen molar-refractivity contribution in [1.29, 1.82) is 0 Å². The summed E-state index contributed by atoms with van der Waals surface area (Å²) in [6, 6.07) is 3.63. The molecule has 0 spiro atoms. The van der Waals surface area contributed by atoms with Gasteiger partial charge in [-0.2, -0.15) is 0 Å². The largest absolute Gasteiger partial charge is 0.481 e. The van der Waals surface area contributed by atoms with Crippen molar-refractivity contribution in [3.8, 4) is 11.1 Å². The van der Waals surface area contributed by atoms with Gasteiger partial charge >= 0.3 is 12.0 Å². The summed E-state index contributed by atoms with van der Waals surface area (Å²) in [6.07, 6.45) is 4.73. The highest BCUT2D eigenvalue weighted by Gasteiger charge is 2.37. The molecule has 0 aliphatic carbocycles. The molecule has 2 aromatic heterocycles. The average molecular weight is 540 g/mol. The second-order valence-electron chi connectivity index (χ2n) is 10.1. The van der Waals surface area contributed by atoms with Gasteiger partial charge in [0.1, 0.15) is 0 Å². The smallest absolute Gasteiger partial charge is 0.321 e. The molecule has 2 fully saturated rings. The number of amides is 2. The van der Waals surface area contributed by atoms with Gasteiger partial charge in [-0.3, -0.25) is 14.6 Å². The van der Waals surface area contributed by atoms with Gasteiger partial charge in [0.2, 0.25) is 5.95 Å². The van der Waals surface area contributed by atoms with E-state index in [1.54, 1.807) is 6.92 Å². The summed E-state index contributed by atoms with van der Waals surface area (Å²) in [6.45, 7) is 9.20. The third kappa shape index (κ3) is 5.29. The molecular weight excluding hydrogens is 506 g/mol. The van der Waals surface area contributed by atoms with Gasteiger partial charge in [-0.05, 0) is 49.9 Å². The Labute approximate surface area is 225 Å². The van der Waals surface area contributed by atoms with Crippen molar-refractivity contribution in [1.82, 2.24) is 19.9 Å². The molecule has 0 radical (unpaired) electrons. The molecule has 2 amide bonds. The summed E-state index contributed by atoms with van der Waals surface area (Å²) >= 11 is 1.48. The van der Waals surface area contributed by atoms with Crippen LogP contribution in [0.15, 0.2) is 24.5 Å². The minimum Gasteiger partial charge on any atom is -0.481 e. The SMILES string of the molecule is CCN(C(N)=O)c1nc2cc(-c3cnc(N4CCC(C)(C(=O)O)CC4)nc3)cc(CN3CCOCC3)c2s1. The first kappa shape index (κ1) is 26.3. The van der Waals surface area contributed by atoms with Gasteiger partial charge in [-0.1, -0.05) is 11.3 Å². The molecule has 0 saturated carbocycles. The Hall–Kier alpha value is -3.35. The van der Waals surface area contributed by atoms with Crippen LogP contribution in [0.5, 0.6) is 0 Å². The lowest BCUT2D eigenvalue weighted by Gasteiger charge is -2.36. The van der Waals surface area contributed by atoms with Crippen molar-refractivity contribution < 1.29 is 19.4 Å². The predicted octanol–water partition coefficient (Wildman–Crippen LogP) is 3.18. The molecule has 0 bridgehead atoms. The molecule has 1 aromatic carbocycles. The number of nitrogens with zero attached hydrogens (tertiary/aromatic N) is 6. The Morgan fingerprint density at radius 2 is 1.82 bits per heavy atom. The van der Waals surface area contributed by atoms with Crippen molar-refractivity contribution >= 4 is 44.6 Å². The van der Waals surface area contributed by atoms with Crippen molar-refractivity contribution in [2.24, 2.45) is 11.1 Å². The number of morpholine rings is 1. The molecule has 11 nitrogen and oxygen atoms in total. The summed E-state index contributed by atoms with van der Waals surface area (Å²) in [7, 11) is 0. The predicted molar refractivity (Wildman–Crippen MR) is 147 cm³/mol. The number of hydrogen-bond donors (Lipinski definition) is 2. The van der Waals surface area contributed by atoms with Crippen LogP contribution in [0.25, 0.3) is 21.3 Å². The number of carboxylic acids is 1. The van der Waals surface area contributed by atoms with Crippen molar-refractivity contribution in [3.05, 3.63) is 30.1 Å². The maximum absolute atomic E-state index is 12.0. The quantitative estimate of drug-likeness (QED) is 0.463. The Balaban J connectivity index is 1.44. The lowest BCUT2D eigenvalue weighted by Crippen LogP contribution is -2.43. The first-order chi connectivity index (χ1) is 18.3. The molecule has 5 rings (SSSR count). The van der Waals surface area contributed by atoms with Gasteiger partial charge in [-0.15, -0.1) is 0 Å². The number of carbonyl (C=O) groups excluding carboxylic acids is 1. The highest BCUT2D eigenvalue weighted by atomic mass is 32.1. The molecule has 2 aliphatic rings. The number of piperidine rings is 1. The van der Waals surface area contributed by atoms with Crippen LogP contribution in [0, 0.1) is 5.41 Å². The summed E-state index contributed by atoms with van der Waals surface area (Å²) < 4.78 is 6.55. The zero-order valence-corrected chi connectivity index (χ0v) is 22.5. The van der Waals surface area contributed by atoms with E-state index in [9.17, 15) is 14.7 Å². The number of urea groups is 1. The minimum atomic E-state index is -0.750. The topological polar surface area (TPSA) is 138 Å². The number of ether oxygens (including phenoxy) is 1. The van der Waals surface area contributed by atoms with Crippen molar-refractivity contribution in [2.45, 2.75) is 33.2 Å². The third-order valence-electron chi connectivity index (χ3n) is 7.50. The molecule has 12 heteroatoms. The first-order valence-electron chi connectivity index (χ1n) is 12.9. The Bertz CT molecular complexity index is 1320. The van der Waals surface area contributed by atoms with Gasteiger partial charge < -0.3 is 20.5 Å². The lowest BCUT2D eigenvalue weighted by molar-refractivity contribution is -0.149. The Morgan fingerprint density at radius 3 is 2.42 bits per heavy atom. The van der Waals surface area contributed by atoms with E-state index in [-0.39, 0.29) is 0 Å². The van der Waals surface area contributed by atoms with Gasteiger partial charge in [0, 0.05) is 57.2 Å². The molecule has 3 N–H and O–H groups in total. The zero-order valence-electron chi connectivity index (χ0n) is 21.7. The fraction of sp³-hybridized carbons (Fsp3) is 0.500. The van der Waals surface area contributed by atoms with Crippen LogP contribution in [-0.2, 0) is 16.1 Å². The normalized spacial score (nSPS) is 18.0. The number of carboxylic acid groups (broad SMARTS) is 1. The van der Waals surface area contributed by atoms with E-state index in [2.05, 4.69) is 20.9 Å². The van der Waals surface area contributed by atoms with Gasteiger partial charge in [0.15, 0.2) is 5.13 Å². The highest BCUT2D eigenvalue weighted by molar-refractivity contribution is 7.22. The summed E-state index contributed by atoms with van der Waals surface area (Å²) in [4.78, 5) is 43.4. The number of thiazole rings is 1. The molecular formula is C26H33N7O4S.